The number of hydrogen-bond acceptors (Lipinski definition) is 4. The van der Waals surface area contributed by atoms with Crippen molar-refractivity contribution in [3.63, 3.8) is 0 Å². The zero-order valence-electron chi connectivity index (χ0n) is 25.4. The third kappa shape index (κ3) is 5.38. The summed E-state index contributed by atoms with van der Waals surface area (Å²) in [6.45, 7) is 12.7. The van der Waals surface area contributed by atoms with Crippen LogP contribution in [0.15, 0.2) is 38.0 Å². The summed E-state index contributed by atoms with van der Waals surface area (Å²) >= 11 is 0. The summed E-state index contributed by atoms with van der Waals surface area (Å²) in [7, 11) is 0. The molecule has 0 amide bonds. The molecular formula is C34H40N4O4. The third-order valence-electron chi connectivity index (χ3n) is 9.07. The number of allylic oxidation sites excluding steroid dienone is 3. The Labute approximate surface area is 246 Å². The zero-order chi connectivity index (χ0) is 30.3. The molecule has 220 valence electrons. The minimum atomic E-state index is -0.856. The summed E-state index contributed by atoms with van der Waals surface area (Å²) in [6, 6.07) is -0.00382. The number of carbonyl (C=O) groups is 2. The van der Waals surface area contributed by atoms with Gasteiger partial charge < -0.3 is 20.2 Å². The molecule has 1 unspecified atom stereocenters. The molecule has 42 heavy (non-hydrogen) atoms. The summed E-state index contributed by atoms with van der Waals surface area (Å²) in [4.78, 5) is 40.6. The molecule has 0 spiro atoms. The lowest BCUT2D eigenvalue weighted by molar-refractivity contribution is -0.138. The average Bonchev–Trinajstić information content (AvgIpc) is 3.59. The van der Waals surface area contributed by atoms with Crippen LogP contribution in [0.1, 0.15) is 87.0 Å². The van der Waals surface area contributed by atoms with Crippen molar-refractivity contribution in [3.8, 4) is 0 Å². The van der Waals surface area contributed by atoms with E-state index in [-0.39, 0.29) is 18.9 Å². The number of rotatable bonds is 8. The molecule has 3 aliphatic rings. The first-order chi connectivity index (χ1) is 20.0. The van der Waals surface area contributed by atoms with Crippen molar-refractivity contribution in [2.24, 2.45) is 9.98 Å². The van der Waals surface area contributed by atoms with E-state index in [2.05, 4.69) is 49.8 Å². The van der Waals surface area contributed by atoms with Gasteiger partial charge in [0.1, 0.15) is 0 Å². The second-order valence-corrected chi connectivity index (χ2v) is 11.5. The lowest BCUT2D eigenvalue weighted by Crippen LogP contribution is -2.15. The topological polar surface area (TPSA) is 131 Å². The maximum Gasteiger partial charge on any atom is 0.303 e. The fourth-order valence-electron chi connectivity index (χ4n) is 6.61. The Morgan fingerprint density at radius 3 is 2.19 bits per heavy atom. The normalized spacial score (nSPS) is 20.9. The van der Waals surface area contributed by atoms with Gasteiger partial charge in [-0.3, -0.25) is 14.6 Å². The maximum atomic E-state index is 11.6. The number of H-pyrrole nitrogens is 2. The number of carboxylic acid groups (broad SMARTS) is 2. The van der Waals surface area contributed by atoms with Crippen molar-refractivity contribution in [2.45, 2.75) is 92.5 Å². The number of aliphatic imine (C=N–C) groups is 2. The van der Waals surface area contributed by atoms with Crippen LogP contribution < -0.4 is 10.7 Å². The minimum Gasteiger partial charge on any atom is -0.481 e. The van der Waals surface area contributed by atoms with Crippen LogP contribution in [0.2, 0.25) is 0 Å². The van der Waals surface area contributed by atoms with Crippen molar-refractivity contribution in [1.29, 1.82) is 0 Å². The molecule has 8 bridgehead atoms. The van der Waals surface area contributed by atoms with Gasteiger partial charge in [-0.05, 0) is 116 Å². The number of nitrogens with zero attached hydrogens (tertiary/aromatic N) is 2. The van der Waals surface area contributed by atoms with E-state index in [4.69, 9.17) is 9.98 Å². The second kappa shape index (κ2) is 11.6. The van der Waals surface area contributed by atoms with E-state index in [0.717, 1.165) is 68.6 Å². The van der Waals surface area contributed by atoms with Crippen LogP contribution in [-0.4, -0.2) is 49.6 Å². The molecule has 0 fully saturated rings. The summed E-state index contributed by atoms with van der Waals surface area (Å²) in [6.07, 6.45) is 9.44. The van der Waals surface area contributed by atoms with Gasteiger partial charge >= 0.3 is 11.9 Å². The standard InChI is InChI=1S/C34H40N4O4/c1-7-21-17(3)25-13-26-19(5)23(9-11-33(39)40)31(37-26)16-32-24(10-12-34(41)42)20(6)28(38-32)15-30-22(8-2)18(4)27(36-30)14-29(21)35-25/h13-14,16,30,35,38H,7-12,15H2,1-6H3,(H,39,40)(H,41,42)/b25-13-,29-14-,31-16-. The molecule has 0 aromatic carbocycles. The van der Waals surface area contributed by atoms with Gasteiger partial charge in [0.15, 0.2) is 0 Å². The second-order valence-electron chi connectivity index (χ2n) is 11.5. The highest BCUT2D eigenvalue weighted by Gasteiger charge is 2.27. The minimum absolute atomic E-state index is 0.00157. The van der Waals surface area contributed by atoms with E-state index < -0.39 is 11.9 Å². The largest absolute Gasteiger partial charge is 0.481 e. The number of aliphatic carboxylic acids is 2. The molecule has 0 aliphatic carbocycles. The number of carboxylic acids is 2. The molecular weight excluding hydrogens is 528 g/mol. The number of aromatic amines is 2. The number of hydrogen-bond donors (Lipinski definition) is 4. The van der Waals surface area contributed by atoms with E-state index in [0.29, 0.717) is 25.0 Å². The van der Waals surface area contributed by atoms with Crippen molar-refractivity contribution < 1.29 is 19.8 Å². The summed E-state index contributed by atoms with van der Waals surface area (Å²) in [5.41, 5.74) is 13.2. The highest BCUT2D eigenvalue weighted by atomic mass is 16.4. The Hall–Kier alpha value is -4.20. The van der Waals surface area contributed by atoms with Gasteiger partial charge in [-0.1, -0.05) is 13.8 Å². The van der Waals surface area contributed by atoms with Gasteiger partial charge in [0.25, 0.3) is 0 Å². The number of nitrogens with one attached hydrogen (secondary N) is 2. The van der Waals surface area contributed by atoms with Crippen LogP contribution in [0, 0.1) is 13.8 Å². The van der Waals surface area contributed by atoms with Crippen molar-refractivity contribution in [3.05, 3.63) is 72.3 Å². The van der Waals surface area contributed by atoms with Crippen molar-refractivity contribution in [2.75, 3.05) is 0 Å². The Balaban J connectivity index is 1.79. The highest BCUT2D eigenvalue weighted by molar-refractivity contribution is 6.24. The molecule has 1 atom stereocenters. The predicted octanol–water partition coefficient (Wildman–Crippen LogP) is 4.88. The van der Waals surface area contributed by atoms with Gasteiger partial charge in [0.05, 0.1) is 23.2 Å². The first-order valence-corrected chi connectivity index (χ1v) is 14.9. The first kappa shape index (κ1) is 29.3. The zero-order valence-corrected chi connectivity index (χ0v) is 25.4. The number of fused-ring (bicyclic) bond motifs is 6. The van der Waals surface area contributed by atoms with Gasteiger partial charge in [0, 0.05) is 41.3 Å². The van der Waals surface area contributed by atoms with Crippen LogP contribution >= 0.6 is 0 Å². The molecule has 2 aromatic rings. The molecule has 2 aromatic heterocycles. The number of aromatic nitrogens is 2. The van der Waals surface area contributed by atoms with Gasteiger partial charge in [0.2, 0.25) is 0 Å². The van der Waals surface area contributed by atoms with Crippen LogP contribution in [0.3, 0.4) is 0 Å². The van der Waals surface area contributed by atoms with Crippen LogP contribution in [0.4, 0.5) is 0 Å². The lowest BCUT2D eigenvalue weighted by Gasteiger charge is -2.12. The molecule has 8 nitrogen and oxygen atoms in total. The smallest absolute Gasteiger partial charge is 0.303 e. The average molecular weight is 569 g/mol. The molecule has 3 aliphatic heterocycles. The summed E-state index contributed by atoms with van der Waals surface area (Å²) in [5, 5.41) is 21.0. The van der Waals surface area contributed by atoms with Crippen molar-refractivity contribution >= 4 is 41.6 Å². The first-order valence-electron chi connectivity index (χ1n) is 14.9. The molecule has 5 heterocycles. The molecule has 0 saturated heterocycles. The Kier molecular flexibility index (Phi) is 8.08. The fraction of sp³-hybridized carbons (Fsp3) is 0.412. The van der Waals surface area contributed by atoms with Gasteiger partial charge in [-0.2, -0.15) is 0 Å². The Morgan fingerprint density at radius 2 is 1.52 bits per heavy atom. The van der Waals surface area contributed by atoms with E-state index in [1.165, 1.54) is 22.3 Å². The predicted molar refractivity (Wildman–Crippen MR) is 167 cm³/mol. The van der Waals surface area contributed by atoms with Crippen LogP contribution in [-0.2, 0) is 28.9 Å². The lowest BCUT2D eigenvalue weighted by atomic mass is 9.95. The van der Waals surface area contributed by atoms with Crippen LogP contribution in [0.25, 0.3) is 18.2 Å². The quantitative estimate of drug-likeness (QED) is 0.361. The highest BCUT2D eigenvalue weighted by Crippen LogP contribution is 2.34. The van der Waals surface area contributed by atoms with Gasteiger partial charge in [-0.15, -0.1) is 0 Å². The molecule has 4 N–H and O–H groups in total. The van der Waals surface area contributed by atoms with Crippen molar-refractivity contribution in [1.82, 2.24) is 9.97 Å². The third-order valence-corrected chi connectivity index (χ3v) is 9.07. The molecule has 0 radical (unpaired) electrons. The summed E-state index contributed by atoms with van der Waals surface area (Å²) < 4.78 is 0. The van der Waals surface area contributed by atoms with Crippen LogP contribution in [0.5, 0.6) is 0 Å². The Morgan fingerprint density at radius 1 is 0.833 bits per heavy atom. The SMILES string of the molecule is CCC1=C(C)C2=NC1Cc1[nH]c(c(CCC(=O)O)c1C)/C=C1N=C(/C=c3\[nH]/c(c(CC)c3C)=C\2)C(C)=C\1CCC(=O)O. The Bertz CT molecular complexity index is 1770. The van der Waals surface area contributed by atoms with E-state index >= 15 is 0 Å². The monoisotopic (exact) mass is 568 g/mol. The fourth-order valence-corrected chi connectivity index (χ4v) is 6.61. The van der Waals surface area contributed by atoms with E-state index in [1.807, 2.05) is 19.9 Å². The van der Waals surface area contributed by atoms with E-state index in [1.54, 1.807) is 0 Å². The van der Waals surface area contributed by atoms with E-state index in [9.17, 15) is 19.8 Å². The van der Waals surface area contributed by atoms with Gasteiger partial charge in [-0.25, -0.2) is 4.99 Å². The molecule has 5 rings (SSSR count). The summed E-state index contributed by atoms with van der Waals surface area (Å²) in [5.74, 6) is -1.70. The molecule has 8 heteroatoms. The maximum absolute atomic E-state index is 11.6. The molecule has 0 saturated carbocycles.